The average molecular weight is 260 g/mol. The lowest BCUT2D eigenvalue weighted by Crippen LogP contribution is -2.02. The topological polar surface area (TPSA) is 63.3 Å². The SMILES string of the molecule is CC(C)CSc1c(Cl)cc(N)cc1C(=O)O. The molecule has 0 unspecified atom stereocenters. The van der Waals surface area contributed by atoms with E-state index >= 15 is 0 Å². The Labute approximate surface area is 104 Å². The second-order valence-electron chi connectivity index (χ2n) is 3.89. The first-order valence-corrected chi connectivity index (χ1v) is 6.23. The zero-order valence-electron chi connectivity index (χ0n) is 9.16. The molecule has 0 heterocycles. The highest BCUT2D eigenvalue weighted by Gasteiger charge is 2.15. The normalized spacial score (nSPS) is 10.8. The van der Waals surface area contributed by atoms with Gasteiger partial charge < -0.3 is 10.8 Å². The highest BCUT2D eigenvalue weighted by atomic mass is 35.5. The van der Waals surface area contributed by atoms with E-state index in [1.54, 1.807) is 6.07 Å². The third-order valence-corrected chi connectivity index (χ3v) is 3.83. The lowest BCUT2D eigenvalue weighted by molar-refractivity contribution is 0.0693. The number of carboxylic acid groups (broad SMARTS) is 1. The number of anilines is 1. The molecule has 0 spiro atoms. The summed E-state index contributed by atoms with van der Waals surface area (Å²) in [6.07, 6.45) is 0. The summed E-state index contributed by atoms with van der Waals surface area (Å²) in [6, 6.07) is 3.02. The van der Waals surface area contributed by atoms with E-state index in [-0.39, 0.29) is 5.56 Å². The molecule has 0 amide bonds. The van der Waals surface area contributed by atoms with Crippen molar-refractivity contribution in [3.05, 3.63) is 22.7 Å². The van der Waals surface area contributed by atoms with Crippen molar-refractivity contribution in [1.29, 1.82) is 0 Å². The average Bonchev–Trinajstić information content (AvgIpc) is 2.14. The van der Waals surface area contributed by atoms with E-state index in [1.165, 1.54) is 17.8 Å². The Morgan fingerprint density at radius 3 is 2.69 bits per heavy atom. The van der Waals surface area contributed by atoms with Crippen molar-refractivity contribution in [3.63, 3.8) is 0 Å². The quantitative estimate of drug-likeness (QED) is 0.643. The predicted molar refractivity (Wildman–Crippen MR) is 68.4 cm³/mol. The summed E-state index contributed by atoms with van der Waals surface area (Å²) in [5, 5.41) is 9.46. The van der Waals surface area contributed by atoms with Gasteiger partial charge in [-0.3, -0.25) is 0 Å². The molecule has 1 aromatic rings. The van der Waals surface area contributed by atoms with Crippen molar-refractivity contribution >= 4 is 35.0 Å². The van der Waals surface area contributed by atoms with E-state index in [0.29, 0.717) is 21.5 Å². The number of halogens is 1. The van der Waals surface area contributed by atoms with Gasteiger partial charge in [0.1, 0.15) is 0 Å². The van der Waals surface area contributed by atoms with Crippen LogP contribution < -0.4 is 5.73 Å². The number of thioether (sulfide) groups is 1. The minimum absolute atomic E-state index is 0.177. The summed E-state index contributed by atoms with van der Waals surface area (Å²) in [5.74, 6) is 0.296. The van der Waals surface area contributed by atoms with Gasteiger partial charge in [0.25, 0.3) is 0 Å². The summed E-state index contributed by atoms with van der Waals surface area (Å²) in [7, 11) is 0. The van der Waals surface area contributed by atoms with Crippen LogP contribution in [-0.4, -0.2) is 16.8 Å². The fourth-order valence-corrected chi connectivity index (χ4v) is 2.56. The Balaban J connectivity index is 3.09. The second-order valence-corrected chi connectivity index (χ2v) is 5.33. The van der Waals surface area contributed by atoms with Crippen LogP contribution in [-0.2, 0) is 0 Å². The maximum Gasteiger partial charge on any atom is 0.336 e. The first-order chi connectivity index (χ1) is 7.41. The van der Waals surface area contributed by atoms with Gasteiger partial charge in [0, 0.05) is 16.3 Å². The van der Waals surface area contributed by atoms with Crippen molar-refractivity contribution in [3.8, 4) is 0 Å². The van der Waals surface area contributed by atoms with Gasteiger partial charge in [0.05, 0.1) is 10.6 Å². The molecule has 1 aromatic carbocycles. The van der Waals surface area contributed by atoms with Crippen LogP contribution in [0, 0.1) is 5.92 Å². The second kappa shape index (κ2) is 5.46. The van der Waals surface area contributed by atoms with E-state index in [4.69, 9.17) is 22.4 Å². The van der Waals surface area contributed by atoms with Gasteiger partial charge in [-0.15, -0.1) is 11.8 Å². The molecule has 3 nitrogen and oxygen atoms in total. The molecule has 0 aromatic heterocycles. The molecule has 0 radical (unpaired) electrons. The molecule has 0 aliphatic heterocycles. The number of rotatable bonds is 4. The molecule has 0 saturated heterocycles. The van der Waals surface area contributed by atoms with Crippen molar-refractivity contribution in [1.82, 2.24) is 0 Å². The molecule has 3 N–H and O–H groups in total. The van der Waals surface area contributed by atoms with Crippen LogP contribution in [0.1, 0.15) is 24.2 Å². The molecule has 0 aliphatic carbocycles. The summed E-state index contributed by atoms with van der Waals surface area (Å²) in [5.41, 5.74) is 6.11. The Hall–Kier alpha value is -0.870. The largest absolute Gasteiger partial charge is 0.478 e. The van der Waals surface area contributed by atoms with E-state index in [9.17, 15) is 4.79 Å². The van der Waals surface area contributed by atoms with Gasteiger partial charge in [-0.1, -0.05) is 25.4 Å². The van der Waals surface area contributed by atoms with Crippen LogP contribution in [0.25, 0.3) is 0 Å². The number of hydrogen-bond donors (Lipinski definition) is 2. The molecular weight excluding hydrogens is 246 g/mol. The van der Waals surface area contributed by atoms with Crippen LogP contribution in [0.2, 0.25) is 5.02 Å². The highest BCUT2D eigenvalue weighted by molar-refractivity contribution is 7.99. The van der Waals surface area contributed by atoms with Crippen molar-refractivity contribution in [2.75, 3.05) is 11.5 Å². The molecule has 5 heteroatoms. The first kappa shape index (κ1) is 13.2. The Kier molecular flexibility index (Phi) is 4.50. The number of nitrogens with two attached hydrogens (primary N) is 1. The molecule has 1 rings (SSSR count). The number of carboxylic acids is 1. The van der Waals surface area contributed by atoms with E-state index < -0.39 is 5.97 Å². The van der Waals surface area contributed by atoms with Gasteiger partial charge in [0.2, 0.25) is 0 Å². The van der Waals surface area contributed by atoms with Gasteiger partial charge >= 0.3 is 5.97 Å². The minimum atomic E-state index is -1.000. The fourth-order valence-electron chi connectivity index (χ4n) is 1.17. The van der Waals surface area contributed by atoms with E-state index in [2.05, 4.69) is 13.8 Å². The van der Waals surface area contributed by atoms with E-state index in [0.717, 1.165) is 5.75 Å². The van der Waals surface area contributed by atoms with Crippen LogP contribution in [0.3, 0.4) is 0 Å². The maximum absolute atomic E-state index is 11.0. The monoisotopic (exact) mass is 259 g/mol. The summed E-state index contributed by atoms with van der Waals surface area (Å²) >= 11 is 7.45. The first-order valence-electron chi connectivity index (χ1n) is 4.87. The van der Waals surface area contributed by atoms with Gasteiger partial charge in [-0.25, -0.2) is 4.79 Å². The van der Waals surface area contributed by atoms with Crippen molar-refractivity contribution in [2.24, 2.45) is 5.92 Å². The van der Waals surface area contributed by atoms with Gasteiger partial charge in [-0.05, 0) is 18.1 Å². The molecule has 0 bridgehead atoms. The molecule has 16 heavy (non-hydrogen) atoms. The summed E-state index contributed by atoms with van der Waals surface area (Å²) in [4.78, 5) is 11.6. The highest BCUT2D eigenvalue weighted by Crippen LogP contribution is 2.34. The lowest BCUT2D eigenvalue weighted by atomic mass is 10.2. The predicted octanol–water partition coefficient (Wildman–Crippen LogP) is 3.37. The lowest BCUT2D eigenvalue weighted by Gasteiger charge is -2.10. The zero-order chi connectivity index (χ0) is 12.3. The standard InChI is InChI=1S/C11H14ClNO2S/c1-6(2)5-16-10-8(11(14)15)3-7(13)4-9(10)12/h3-4,6H,5,13H2,1-2H3,(H,14,15). The Morgan fingerprint density at radius 1 is 1.56 bits per heavy atom. The fraction of sp³-hybridized carbons (Fsp3) is 0.364. The minimum Gasteiger partial charge on any atom is -0.478 e. The number of carbonyl (C=O) groups is 1. The Bertz CT molecular complexity index is 407. The molecule has 0 saturated carbocycles. The molecule has 0 aliphatic rings. The zero-order valence-corrected chi connectivity index (χ0v) is 10.7. The van der Waals surface area contributed by atoms with Gasteiger partial charge in [0.15, 0.2) is 0 Å². The number of aromatic carboxylic acids is 1. The van der Waals surface area contributed by atoms with Crippen LogP contribution >= 0.6 is 23.4 Å². The van der Waals surface area contributed by atoms with Crippen molar-refractivity contribution in [2.45, 2.75) is 18.7 Å². The summed E-state index contributed by atoms with van der Waals surface area (Å²) < 4.78 is 0. The third-order valence-electron chi connectivity index (χ3n) is 1.86. The van der Waals surface area contributed by atoms with Crippen molar-refractivity contribution < 1.29 is 9.90 Å². The summed E-state index contributed by atoms with van der Waals surface area (Å²) in [6.45, 7) is 4.14. The number of hydrogen-bond acceptors (Lipinski definition) is 3. The maximum atomic E-state index is 11.0. The van der Waals surface area contributed by atoms with Crippen LogP contribution in [0.15, 0.2) is 17.0 Å². The molecule has 88 valence electrons. The van der Waals surface area contributed by atoms with Crippen LogP contribution in [0.5, 0.6) is 0 Å². The van der Waals surface area contributed by atoms with E-state index in [1.807, 2.05) is 0 Å². The molecular formula is C11H14ClNO2S. The smallest absolute Gasteiger partial charge is 0.336 e. The van der Waals surface area contributed by atoms with Gasteiger partial charge in [-0.2, -0.15) is 0 Å². The Morgan fingerprint density at radius 2 is 2.19 bits per heavy atom. The third kappa shape index (κ3) is 3.32. The molecule has 0 atom stereocenters. The molecule has 0 fully saturated rings. The number of nitrogen functional groups attached to an aromatic ring is 1. The number of benzene rings is 1. The van der Waals surface area contributed by atoms with Crippen LogP contribution in [0.4, 0.5) is 5.69 Å².